The Morgan fingerprint density at radius 1 is 1.00 bits per heavy atom. The normalized spacial score (nSPS) is 46.0. The number of carbonyl (C=O) groups is 1. The third kappa shape index (κ3) is 5.44. The largest absolute Gasteiger partial charge is 0.481 e. The zero-order chi connectivity index (χ0) is 34.1. The van der Waals surface area contributed by atoms with Gasteiger partial charge in [0.05, 0.1) is 24.7 Å². The van der Waals surface area contributed by atoms with Crippen LogP contribution in [0.1, 0.15) is 106 Å². The van der Waals surface area contributed by atoms with E-state index in [0.29, 0.717) is 31.6 Å². The molecule has 1 saturated heterocycles. The lowest BCUT2D eigenvalue weighted by molar-refractivity contribution is -0.313. The lowest BCUT2D eigenvalue weighted by Crippen LogP contribution is -2.62. The minimum absolute atomic E-state index is 0.0351. The van der Waals surface area contributed by atoms with Crippen LogP contribution in [-0.4, -0.2) is 86.1 Å². The van der Waals surface area contributed by atoms with E-state index in [0.717, 1.165) is 37.7 Å². The van der Waals surface area contributed by atoms with Gasteiger partial charge in [-0.3, -0.25) is 4.79 Å². The van der Waals surface area contributed by atoms with Gasteiger partial charge in [-0.15, -0.1) is 0 Å². The number of allylic oxidation sites excluding steroid dienone is 2. The molecule has 13 atom stereocenters. The molecule has 6 N–H and O–H groups in total. The van der Waals surface area contributed by atoms with Gasteiger partial charge in [0.25, 0.3) is 0 Å². The summed E-state index contributed by atoms with van der Waals surface area (Å²) in [5.74, 6) is -0.913. The van der Waals surface area contributed by atoms with Crippen LogP contribution in [0.5, 0.6) is 0 Å². The van der Waals surface area contributed by atoms with Crippen molar-refractivity contribution in [3.8, 4) is 0 Å². The highest BCUT2D eigenvalue weighted by molar-refractivity contribution is 5.71. The monoisotopic (exact) mass is 648 g/mol. The molecular weight excluding hydrogens is 588 g/mol. The smallest absolute Gasteiger partial charge is 0.306 e. The third-order valence-corrected chi connectivity index (χ3v) is 14.3. The molecule has 6 unspecified atom stereocenters. The molecule has 4 aliphatic carbocycles. The molecule has 9 heteroatoms. The van der Waals surface area contributed by atoms with Crippen LogP contribution in [0.2, 0.25) is 0 Å². The Morgan fingerprint density at radius 2 is 1.67 bits per heavy atom. The SMILES string of the molecule is C=C(CC[C@@H](C(=O)O)[C@H]1CC[C@@]2(C)C3=C(CC[C@]12C)[C@@]1(C)CC[C@H](O)C(C)(C)C1C[C@H]3OC1OC(CO)C(O)C(O)C1O)C(C)C. The van der Waals surface area contributed by atoms with Crippen molar-refractivity contribution in [1.82, 2.24) is 0 Å². The first-order chi connectivity index (χ1) is 21.3. The fourth-order valence-corrected chi connectivity index (χ4v) is 10.9. The topological polar surface area (TPSA) is 157 Å². The molecule has 9 nitrogen and oxygen atoms in total. The molecule has 1 heterocycles. The molecule has 0 bridgehead atoms. The van der Waals surface area contributed by atoms with E-state index in [-0.39, 0.29) is 28.1 Å². The van der Waals surface area contributed by atoms with E-state index in [9.17, 15) is 35.4 Å². The summed E-state index contributed by atoms with van der Waals surface area (Å²) in [6.07, 6.45) is -1.30. The van der Waals surface area contributed by atoms with Crippen LogP contribution in [0.4, 0.5) is 0 Å². The van der Waals surface area contributed by atoms with Gasteiger partial charge in [-0.1, -0.05) is 66.2 Å². The summed E-state index contributed by atoms with van der Waals surface area (Å²) >= 11 is 0. The molecule has 262 valence electrons. The van der Waals surface area contributed by atoms with E-state index in [1.807, 2.05) is 0 Å². The van der Waals surface area contributed by atoms with Gasteiger partial charge < -0.3 is 40.1 Å². The number of hydrogen-bond donors (Lipinski definition) is 6. The fourth-order valence-electron chi connectivity index (χ4n) is 10.9. The molecule has 0 spiro atoms. The molecule has 5 rings (SSSR count). The lowest BCUT2D eigenvalue weighted by atomic mass is 9.42. The maximum Gasteiger partial charge on any atom is 0.306 e. The highest BCUT2D eigenvalue weighted by Crippen LogP contribution is 2.73. The van der Waals surface area contributed by atoms with Crippen LogP contribution in [0.25, 0.3) is 0 Å². The van der Waals surface area contributed by atoms with Gasteiger partial charge in [-0.2, -0.15) is 0 Å². The number of rotatable bonds is 9. The van der Waals surface area contributed by atoms with E-state index in [2.05, 4.69) is 55.0 Å². The second kappa shape index (κ2) is 12.5. The standard InChI is InChI=1S/C37H60O9/c1-19(2)20(3)9-10-21(32(43)44)22-11-16-37(8)28-23(12-15-36(22,37)7)35(6)14-13-27(39)34(4,5)26(35)17-24(28)45-33-31(42)30(41)29(40)25(18-38)46-33/h19,21-22,24-27,29-31,33,38-42H,3,9-18H2,1-2,4-8H3,(H,43,44)/t21-,22-,24-,25?,26?,27+,29?,30?,31?,33?,35-,36-,37+/m1/s1. The van der Waals surface area contributed by atoms with Gasteiger partial charge >= 0.3 is 5.97 Å². The van der Waals surface area contributed by atoms with E-state index < -0.39 is 66.8 Å². The Labute approximate surface area is 275 Å². The molecule has 3 fully saturated rings. The van der Waals surface area contributed by atoms with Gasteiger partial charge in [-0.05, 0) is 103 Å². The minimum atomic E-state index is -1.55. The van der Waals surface area contributed by atoms with Crippen molar-refractivity contribution in [2.75, 3.05) is 6.61 Å². The summed E-state index contributed by atoms with van der Waals surface area (Å²) in [5.41, 5.74) is 2.28. The summed E-state index contributed by atoms with van der Waals surface area (Å²) in [4.78, 5) is 12.9. The van der Waals surface area contributed by atoms with Crippen LogP contribution in [-0.2, 0) is 14.3 Å². The summed E-state index contributed by atoms with van der Waals surface area (Å²) in [7, 11) is 0. The highest BCUT2D eigenvalue weighted by Gasteiger charge is 2.66. The molecule has 2 saturated carbocycles. The lowest BCUT2D eigenvalue weighted by Gasteiger charge is -2.63. The molecule has 5 aliphatic rings. The fraction of sp³-hybridized carbons (Fsp3) is 0.865. The quantitative estimate of drug-likeness (QED) is 0.197. The van der Waals surface area contributed by atoms with Gasteiger partial charge in [-0.25, -0.2) is 0 Å². The number of carboxylic acid groups (broad SMARTS) is 1. The second-order valence-electron chi connectivity index (χ2n) is 17.0. The zero-order valence-electron chi connectivity index (χ0n) is 29.0. The summed E-state index contributed by atoms with van der Waals surface area (Å²) < 4.78 is 12.6. The number of fused-ring (bicyclic) bond motifs is 4. The van der Waals surface area contributed by atoms with Crippen LogP contribution in [0.15, 0.2) is 23.3 Å². The van der Waals surface area contributed by atoms with E-state index in [1.54, 1.807) is 0 Å². The minimum Gasteiger partial charge on any atom is -0.481 e. The van der Waals surface area contributed by atoms with Gasteiger partial charge in [0.1, 0.15) is 24.4 Å². The zero-order valence-corrected chi connectivity index (χ0v) is 29.0. The first kappa shape index (κ1) is 36.0. The highest BCUT2D eigenvalue weighted by atomic mass is 16.7. The molecule has 46 heavy (non-hydrogen) atoms. The summed E-state index contributed by atoms with van der Waals surface area (Å²) in [5, 5.41) is 63.7. The van der Waals surface area contributed by atoms with Crippen molar-refractivity contribution in [2.45, 2.75) is 149 Å². The van der Waals surface area contributed by atoms with Crippen LogP contribution < -0.4 is 0 Å². The molecule has 0 amide bonds. The van der Waals surface area contributed by atoms with Crippen molar-refractivity contribution >= 4 is 5.97 Å². The van der Waals surface area contributed by atoms with E-state index in [4.69, 9.17) is 9.47 Å². The van der Waals surface area contributed by atoms with Crippen LogP contribution in [0, 0.1) is 45.3 Å². The second-order valence-corrected chi connectivity index (χ2v) is 17.0. The predicted octanol–water partition coefficient (Wildman–Crippen LogP) is 4.58. The maximum atomic E-state index is 12.9. The summed E-state index contributed by atoms with van der Waals surface area (Å²) in [6.45, 7) is 19.0. The van der Waals surface area contributed by atoms with Crippen molar-refractivity contribution in [1.29, 1.82) is 0 Å². The molecule has 1 aliphatic heterocycles. The van der Waals surface area contributed by atoms with Gasteiger partial charge in [0.15, 0.2) is 6.29 Å². The van der Waals surface area contributed by atoms with Gasteiger partial charge in [0.2, 0.25) is 0 Å². The number of ether oxygens (including phenoxy) is 2. The molecule has 0 aromatic rings. The van der Waals surface area contributed by atoms with Crippen molar-refractivity contribution < 1.29 is 44.9 Å². The average Bonchev–Trinajstić information content (AvgIpc) is 3.26. The Bertz CT molecular complexity index is 1210. The predicted molar refractivity (Wildman–Crippen MR) is 173 cm³/mol. The molecule has 0 aromatic carbocycles. The van der Waals surface area contributed by atoms with Crippen molar-refractivity contribution in [2.24, 2.45) is 45.3 Å². The number of carboxylic acids is 1. The van der Waals surface area contributed by atoms with E-state index in [1.165, 1.54) is 11.1 Å². The number of aliphatic hydroxyl groups excluding tert-OH is 5. The Hall–Kier alpha value is -1.33. The first-order valence-corrected chi connectivity index (χ1v) is 17.6. The Balaban J connectivity index is 1.58. The van der Waals surface area contributed by atoms with Crippen molar-refractivity contribution in [3.05, 3.63) is 23.3 Å². The first-order valence-electron chi connectivity index (χ1n) is 17.6. The van der Waals surface area contributed by atoms with Crippen LogP contribution in [0.3, 0.4) is 0 Å². The molecule has 0 radical (unpaired) electrons. The number of aliphatic hydroxyl groups is 5. The van der Waals surface area contributed by atoms with Crippen molar-refractivity contribution in [3.63, 3.8) is 0 Å². The van der Waals surface area contributed by atoms with Gasteiger partial charge in [0, 0.05) is 0 Å². The molecule has 0 aromatic heterocycles. The Kier molecular flexibility index (Phi) is 9.79. The van der Waals surface area contributed by atoms with E-state index >= 15 is 0 Å². The number of hydrogen-bond acceptors (Lipinski definition) is 8. The van der Waals surface area contributed by atoms with Crippen LogP contribution >= 0.6 is 0 Å². The maximum absolute atomic E-state index is 12.9. The molecular formula is C37H60O9. The summed E-state index contributed by atoms with van der Waals surface area (Å²) in [6, 6.07) is 0. The third-order valence-electron chi connectivity index (χ3n) is 14.3. The Morgan fingerprint density at radius 3 is 2.28 bits per heavy atom. The number of aliphatic carboxylic acids is 1. The average molecular weight is 649 g/mol.